The number of aromatic amines is 1. The van der Waals surface area contributed by atoms with Crippen LogP contribution in [0.2, 0.25) is 0 Å². The highest BCUT2D eigenvalue weighted by Crippen LogP contribution is 2.38. The van der Waals surface area contributed by atoms with Gasteiger partial charge in [0.25, 0.3) is 0 Å². The van der Waals surface area contributed by atoms with Crippen LogP contribution >= 0.6 is 11.8 Å². The van der Waals surface area contributed by atoms with Crippen molar-refractivity contribution in [2.45, 2.75) is 30.5 Å². The Bertz CT molecular complexity index is 968. The minimum absolute atomic E-state index is 0.0626. The fourth-order valence-electron chi connectivity index (χ4n) is 2.96. The second-order valence-corrected chi connectivity index (χ2v) is 7.81. The van der Waals surface area contributed by atoms with Crippen molar-refractivity contribution in [3.63, 3.8) is 0 Å². The van der Waals surface area contributed by atoms with Gasteiger partial charge in [-0.1, -0.05) is 30.0 Å². The molecule has 1 aliphatic carbocycles. The van der Waals surface area contributed by atoms with Crippen molar-refractivity contribution < 1.29 is 9.53 Å². The van der Waals surface area contributed by atoms with Crippen LogP contribution in [0.15, 0.2) is 41.6 Å². The van der Waals surface area contributed by atoms with Crippen LogP contribution in [0.25, 0.3) is 10.8 Å². The molecule has 0 spiro atoms. The highest BCUT2D eigenvalue weighted by atomic mass is 32.2. The number of aromatic nitrogens is 3. The van der Waals surface area contributed by atoms with Crippen molar-refractivity contribution >= 4 is 28.4 Å². The van der Waals surface area contributed by atoms with Gasteiger partial charge in [-0.3, -0.25) is 9.89 Å². The van der Waals surface area contributed by atoms with E-state index in [1.54, 1.807) is 12.0 Å². The number of rotatable bonds is 7. The Morgan fingerprint density at radius 1 is 1.26 bits per heavy atom. The summed E-state index contributed by atoms with van der Waals surface area (Å²) in [5.41, 5.74) is 1.10. The number of fused-ring (bicyclic) bond motifs is 1. The van der Waals surface area contributed by atoms with Gasteiger partial charge in [-0.15, -0.1) is 5.10 Å². The van der Waals surface area contributed by atoms with Gasteiger partial charge in [0.1, 0.15) is 11.6 Å². The number of amides is 1. The molecule has 0 radical (unpaired) electrons. The van der Waals surface area contributed by atoms with Gasteiger partial charge in [0, 0.05) is 19.5 Å². The summed E-state index contributed by atoms with van der Waals surface area (Å²) in [6, 6.07) is 12.2. The topological polar surface area (TPSA) is 71.1 Å². The zero-order valence-corrected chi connectivity index (χ0v) is 16.3. The standard InChI is InChI=1S/C20H22N4O2S/c1-24(18(25)12-27-20-21-19(22-23-20)14-5-6-14)11-13-3-4-16-10-17(26-2)8-7-15(16)9-13/h3-4,7-10,14H,5-6,11-12H2,1-2H3,(H,21,22,23). The molecule has 0 bridgehead atoms. The average molecular weight is 382 g/mol. The van der Waals surface area contributed by atoms with E-state index >= 15 is 0 Å². The predicted octanol–water partition coefficient (Wildman–Crippen LogP) is 3.59. The molecule has 6 nitrogen and oxygen atoms in total. The molecule has 3 aromatic rings. The molecule has 1 N–H and O–H groups in total. The van der Waals surface area contributed by atoms with E-state index in [0.717, 1.165) is 27.9 Å². The van der Waals surface area contributed by atoms with Crippen LogP contribution in [0, 0.1) is 0 Å². The van der Waals surface area contributed by atoms with E-state index in [-0.39, 0.29) is 5.91 Å². The summed E-state index contributed by atoms with van der Waals surface area (Å²) < 4.78 is 5.26. The number of hydrogen-bond acceptors (Lipinski definition) is 5. The second kappa shape index (κ2) is 7.60. The first-order valence-corrected chi connectivity index (χ1v) is 9.96. The van der Waals surface area contributed by atoms with E-state index in [4.69, 9.17) is 4.74 Å². The van der Waals surface area contributed by atoms with E-state index in [1.165, 1.54) is 24.6 Å². The molecule has 0 saturated heterocycles. The number of H-pyrrole nitrogens is 1. The minimum atomic E-state index is 0.0626. The summed E-state index contributed by atoms with van der Waals surface area (Å²) in [4.78, 5) is 18.6. The zero-order chi connectivity index (χ0) is 18.8. The van der Waals surface area contributed by atoms with Crippen molar-refractivity contribution in [2.24, 2.45) is 0 Å². The highest BCUT2D eigenvalue weighted by Gasteiger charge is 2.27. The number of thioether (sulfide) groups is 1. The van der Waals surface area contributed by atoms with Crippen LogP contribution in [-0.2, 0) is 11.3 Å². The molecule has 7 heteroatoms. The zero-order valence-electron chi connectivity index (χ0n) is 15.4. The van der Waals surface area contributed by atoms with Crippen LogP contribution in [-0.4, -0.2) is 45.9 Å². The number of carbonyl (C=O) groups is 1. The summed E-state index contributed by atoms with van der Waals surface area (Å²) >= 11 is 1.38. The van der Waals surface area contributed by atoms with Gasteiger partial charge in [-0.05, 0) is 47.4 Å². The molecule has 0 unspecified atom stereocenters. The number of nitrogens with one attached hydrogen (secondary N) is 1. The maximum absolute atomic E-state index is 12.4. The molecule has 1 heterocycles. The summed E-state index contributed by atoms with van der Waals surface area (Å²) in [5, 5.41) is 10.1. The van der Waals surface area contributed by atoms with Crippen LogP contribution in [0.1, 0.15) is 30.1 Å². The Morgan fingerprint density at radius 2 is 2.04 bits per heavy atom. The van der Waals surface area contributed by atoms with Gasteiger partial charge in [-0.2, -0.15) is 0 Å². The lowest BCUT2D eigenvalue weighted by Crippen LogP contribution is -2.27. The van der Waals surface area contributed by atoms with Crippen molar-refractivity contribution in [3.8, 4) is 5.75 Å². The van der Waals surface area contributed by atoms with Crippen molar-refractivity contribution in [1.29, 1.82) is 0 Å². The number of ether oxygens (including phenoxy) is 1. The van der Waals surface area contributed by atoms with Crippen molar-refractivity contribution in [2.75, 3.05) is 19.9 Å². The van der Waals surface area contributed by atoms with Crippen molar-refractivity contribution in [3.05, 3.63) is 47.8 Å². The van der Waals surface area contributed by atoms with E-state index < -0.39 is 0 Å². The Labute approximate surface area is 162 Å². The van der Waals surface area contributed by atoms with Gasteiger partial charge in [-0.25, -0.2) is 4.98 Å². The Balaban J connectivity index is 1.34. The molecule has 4 rings (SSSR count). The SMILES string of the molecule is COc1ccc2cc(CN(C)C(=O)CSc3n[nH]c(C4CC4)n3)ccc2c1. The van der Waals surface area contributed by atoms with Crippen LogP contribution in [0.4, 0.5) is 0 Å². The van der Waals surface area contributed by atoms with Crippen LogP contribution in [0.5, 0.6) is 5.75 Å². The third-order valence-electron chi connectivity index (χ3n) is 4.73. The molecule has 1 amide bonds. The highest BCUT2D eigenvalue weighted by molar-refractivity contribution is 7.99. The van der Waals surface area contributed by atoms with E-state index in [0.29, 0.717) is 23.4 Å². The number of carbonyl (C=O) groups excluding carboxylic acids is 1. The largest absolute Gasteiger partial charge is 0.497 e. The third kappa shape index (κ3) is 4.24. The molecular formula is C20H22N4O2S. The Hall–Kier alpha value is -2.54. The molecule has 1 aliphatic rings. The normalized spacial score (nSPS) is 13.7. The first-order valence-electron chi connectivity index (χ1n) is 8.98. The molecule has 140 valence electrons. The fraction of sp³-hybridized carbons (Fsp3) is 0.350. The predicted molar refractivity (Wildman–Crippen MR) is 106 cm³/mol. The molecule has 0 atom stereocenters. The van der Waals surface area contributed by atoms with Crippen LogP contribution in [0.3, 0.4) is 0 Å². The molecule has 1 aromatic heterocycles. The second-order valence-electron chi connectivity index (χ2n) is 6.86. The summed E-state index contributed by atoms with van der Waals surface area (Å²) in [6.45, 7) is 0.572. The maximum atomic E-state index is 12.4. The Kier molecular flexibility index (Phi) is 5.03. The van der Waals surface area contributed by atoms with Crippen LogP contribution < -0.4 is 4.74 Å². The quantitative estimate of drug-likeness (QED) is 0.632. The molecule has 1 fully saturated rings. The number of hydrogen-bond donors (Lipinski definition) is 1. The lowest BCUT2D eigenvalue weighted by Gasteiger charge is -2.17. The minimum Gasteiger partial charge on any atom is -0.497 e. The molecular weight excluding hydrogens is 360 g/mol. The Morgan fingerprint density at radius 3 is 2.81 bits per heavy atom. The number of nitrogens with zero attached hydrogens (tertiary/aromatic N) is 3. The monoisotopic (exact) mass is 382 g/mol. The summed E-state index contributed by atoms with van der Waals surface area (Å²) in [6.07, 6.45) is 2.36. The third-order valence-corrected chi connectivity index (χ3v) is 5.56. The maximum Gasteiger partial charge on any atom is 0.233 e. The molecule has 27 heavy (non-hydrogen) atoms. The average Bonchev–Trinajstić information content (AvgIpc) is 3.43. The number of benzene rings is 2. The van der Waals surface area contributed by atoms with Gasteiger partial charge < -0.3 is 9.64 Å². The number of methoxy groups -OCH3 is 1. The van der Waals surface area contributed by atoms with E-state index in [2.05, 4.69) is 33.4 Å². The van der Waals surface area contributed by atoms with E-state index in [9.17, 15) is 4.79 Å². The smallest absolute Gasteiger partial charge is 0.233 e. The first kappa shape index (κ1) is 17.9. The lowest BCUT2D eigenvalue weighted by atomic mass is 10.1. The van der Waals surface area contributed by atoms with Gasteiger partial charge in [0.05, 0.1) is 12.9 Å². The van der Waals surface area contributed by atoms with Gasteiger partial charge in [0.2, 0.25) is 11.1 Å². The fourth-order valence-corrected chi connectivity index (χ4v) is 3.71. The molecule has 2 aromatic carbocycles. The molecule has 1 saturated carbocycles. The van der Waals surface area contributed by atoms with Gasteiger partial charge in [0.15, 0.2) is 0 Å². The molecule has 0 aliphatic heterocycles. The summed E-state index contributed by atoms with van der Waals surface area (Å²) in [5.74, 6) is 2.73. The van der Waals surface area contributed by atoms with Crippen molar-refractivity contribution in [1.82, 2.24) is 20.1 Å². The lowest BCUT2D eigenvalue weighted by molar-refractivity contribution is -0.127. The first-order chi connectivity index (χ1) is 13.1. The van der Waals surface area contributed by atoms with Gasteiger partial charge >= 0.3 is 0 Å². The summed E-state index contributed by atoms with van der Waals surface area (Å²) in [7, 11) is 3.49. The van der Waals surface area contributed by atoms with E-state index in [1.807, 2.05) is 25.2 Å².